The molecule has 16 heavy (non-hydrogen) atoms. The fraction of sp³-hybridized carbons (Fsp3) is 0. The van der Waals surface area contributed by atoms with Crippen molar-refractivity contribution < 1.29 is 14.3 Å². The Morgan fingerprint density at radius 2 is 1.75 bits per heavy atom. The summed E-state index contributed by atoms with van der Waals surface area (Å²) in [4.78, 5) is 22.1. The van der Waals surface area contributed by atoms with E-state index in [2.05, 4.69) is 4.42 Å². The van der Waals surface area contributed by atoms with E-state index in [4.69, 9.17) is 5.11 Å². The van der Waals surface area contributed by atoms with Crippen LogP contribution < -0.4 is 5.63 Å². The average Bonchev–Trinajstić information content (AvgIpc) is 2.30. The Bertz CT molecular complexity index is 569. The molecular weight excluding hydrogens is 208 g/mol. The van der Waals surface area contributed by atoms with Crippen molar-refractivity contribution in [1.29, 1.82) is 0 Å². The van der Waals surface area contributed by atoms with E-state index in [-0.39, 0.29) is 5.76 Å². The molecular formula is C12H8O4. The number of hydrogen-bond donors (Lipinski definition) is 1. The third kappa shape index (κ3) is 1.86. The second-order valence-electron chi connectivity index (χ2n) is 3.17. The third-order valence-electron chi connectivity index (χ3n) is 2.12. The van der Waals surface area contributed by atoms with E-state index in [0.29, 0.717) is 11.1 Å². The van der Waals surface area contributed by atoms with Gasteiger partial charge in [0.2, 0.25) is 5.76 Å². The van der Waals surface area contributed by atoms with Gasteiger partial charge in [0.1, 0.15) is 0 Å². The largest absolute Gasteiger partial charge is 0.475 e. The molecule has 1 N–H and O–H groups in total. The predicted octanol–water partition coefficient (Wildman–Crippen LogP) is 2.00. The van der Waals surface area contributed by atoms with E-state index >= 15 is 0 Å². The molecule has 0 amide bonds. The summed E-state index contributed by atoms with van der Waals surface area (Å²) in [5.41, 5.74) is 0.407. The van der Waals surface area contributed by atoms with Crippen molar-refractivity contribution in [3.05, 3.63) is 58.6 Å². The Morgan fingerprint density at radius 3 is 2.31 bits per heavy atom. The van der Waals surface area contributed by atoms with Crippen molar-refractivity contribution in [2.45, 2.75) is 0 Å². The fourth-order valence-electron chi connectivity index (χ4n) is 1.36. The topological polar surface area (TPSA) is 67.5 Å². The second-order valence-corrected chi connectivity index (χ2v) is 3.17. The molecule has 0 aliphatic carbocycles. The van der Waals surface area contributed by atoms with Crippen LogP contribution in [0, 0.1) is 0 Å². The Hall–Kier alpha value is -2.36. The van der Waals surface area contributed by atoms with Gasteiger partial charge < -0.3 is 9.52 Å². The zero-order valence-corrected chi connectivity index (χ0v) is 8.21. The SMILES string of the molecule is O=C(O)c1ccc(-c2ccccc2)c(=O)o1. The van der Waals surface area contributed by atoms with Crippen molar-refractivity contribution in [2.75, 3.05) is 0 Å². The fourth-order valence-corrected chi connectivity index (χ4v) is 1.36. The summed E-state index contributed by atoms with van der Waals surface area (Å²) in [5, 5.41) is 8.64. The van der Waals surface area contributed by atoms with Crippen LogP contribution in [0.3, 0.4) is 0 Å². The van der Waals surface area contributed by atoms with E-state index in [0.717, 1.165) is 0 Å². The number of hydrogen-bond acceptors (Lipinski definition) is 3. The summed E-state index contributed by atoms with van der Waals surface area (Å²) in [7, 11) is 0. The Labute approximate surface area is 90.8 Å². The highest BCUT2D eigenvalue weighted by atomic mass is 16.4. The molecule has 0 unspecified atom stereocenters. The van der Waals surface area contributed by atoms with Gasteiger partial charge in [-0.1, -0.05) is 30.3 Å². The molecule has 1 aromatic heterocycles. The first-order valence-corrected chi connectivity index (χ1v) is 4.61. The molecule has 0 radical (unpaired) electrons. The molecule has 0 aliphatic rings. The van der Waals surface area contributed by atoms with Crippen LogP contribution in [-0.4, -0.2) is 11.1 Å². The minimum atomic E-state index is -1.25. The summed E-state index contributed by atoms with van der Waals surface area (Å²) in [5.74, 6) is -1.61. The van der Waals surface area contributed by atoms with Gasteiger partial charge in [-0.25, -0.2) is 9.59 Å². The monoisotopic (exact) mass is 216 g/mol. The lowest BCUT2D eigenvalue weighted by Crippen LogP contribution is -2.07. The van der Waals surface area contributed by atoms with Gasteiger partial charge >= 0.3 is 11.6 Å². The van der Waals surface area contributed by atoms with Crippen LogP contribution in [0.1, 0.15) is 10.6 Å². The second kappa shape index (κ2) is 4.02. The first kappa shape index (κ1) is 10.2. The van der Waals surface area contributed by atoms with E-state index in [1.165, 1.54) is 12.1 Å². The van der Waals surface area contributed by atoms with Crippen molar-refractivity contribution in [1.82, 2.24) is 0 Å². The first-order chi connectivity index (χ1) is 7.68. The third-order valence-corrected chi connectivity index (χ3v) is 2.12. The lowest BCUT2D eigenvalue weighted by atomic mass is 10.1. The van der Waals surface area contributed by atoms with Gasteiger partial charge in [-0.2, -0.15) is 0 Å². The molecule has 0 fully saturated rings. The van der Waals surface area contributed by atoms with E-state index in [1.54, 1.807) is 24.3 Å². The van der Waals surface area contributed by atoms with Gasteiger partial charge in [0.05, 0.1) is 5.56 Å². The number of aromatic carboxylic acids is 1. The normalized spacial score (nSPS) is 10.0. The van der Waals surface area contributed by atoms with Crippen molar-refractivity contribution in [3.8, 4) is 11.1 Å². The van der Waals surface area contributed by atoms with Gasteiger partial charge in [-0.05, 0) is 17.7 Å². The number of rotatable bonds is 2. The molecule has 0 spiro atoms. The van der Waals surface area contributed by atoms with Gasteiger partial charge in [0, 0.05) is 0 Å². The number of benzene rings is 1. The van der Waals surface area contributed by atoms with Crippen LogP contribution >= 0.6 is 0 Å². The maximum absolute atomic E-state index is 11.5. The van der Waals surface area contributed by atoms with Crippen LogP contribution in [-0.2, 0) is 0 Å². The minimum absolute atomic E-state index is 0.352. The van der Waals surface area contributed by atoms with Gasteiger partial charge in [-0.3, -0.25) is 0 Å². The molecule has 0 saturated carbocycles. The molecule has 2 aromatic rings. The molecule has 4 heteroatoms. The van der Waals surface area contributed by atoms with Crippen LogP contribution in [0.15, 0.2) is 51.7 Å². The van der Waals surface area contributed by atoms with Gasteiger partial charge in [0.15, 0.2) is 0 Å². The van der Waals surface area contributed by atoms with Crippen molar-refractivity contribution in [3.63, 3.8) is 0 Å². The molecule has 1 aromatic carbocycles. The highest BCUT2D eigenvalue weighted by Crippen LogP contribution is 2.14. The quantitative estimate of drug-likeness (QED) is 0.833. The summed E-state index contributed by atoms with van der Waals surface area (Å²) < 4.78 is 4.67. The summed E-state index contributed by atoms with van der Waals surface area (Å²) in [6.45, 7) is 0. The summed E-state index contributed by atoms with van der Waals surface area (Å²) >= 11 is 0. The Kier molecular flexibility index (Phi) is 2.55. The Morgan fingerprint density at radius 1 is 1.06 bits per heavy atom. The molecule has 80 valence electrons. The zero-order chi connectivity index (χ0) is 11.5. The van der Waals surface area contributed by atoms with E-state index in [1.807, 2.05) is 6.07 Å². The van der Waals surface area contributed by atoms with Crippen molar-refractivity contribution in [2.24, 2.45) is 0 Å². The molecule has 4 nitrogen and oxygen atoms in total. The Balaban J connectivity index is 2.53. The van der Waals surface area contributed by atoms with Gasteiger partial charge in [0.25, 0.3) is 0 Å². The van der Waals surface area contributed by atoms with Crippen LogP contribution in [0.5, 0.6) is 0 Å². The van der Waals surface area contributed by atoms with Gasteiger partial charge in [-0.15, -0.1) is 0 Å². The molecule has 1 heterocycles. The molecule has 0 atom stereocenters. The number of carboxylic acid groups (broad SMARTS) is 1. The lowest BCUT2D eigenvalue weighted by molar-refractivity contribution is 0.0657. The van der Waals surface area contributed by atoms with Crippen LogP contribution in [0.2, 0.25) is 0 Å². The summed E-state index contributed by atoms with van der Waals surface area (Å²) in [6, 6.07) is 11.6. The molecule has 0 saturated heterocycles. The smallest absolute Gasteiger partial charge is 0.371 e. The van der Waals surface area contributed by atoms with E-state index in [9.17, 15) is 9.59 Å². The maximum Gasteiger partial charge on any atom is 0.371 e. The summed E-state index contributed by atoms with van der Waals surface area (Å²) in [6.07, 6.45) is 0. The van der Waals surface area contributed by atoms with Crippen molar-refractivity contribution >= 4 is 5.97 Å². The maximum atomic E-state index is 11.5. The standard InChI is InChI=1S/C12H8O4/c13-11(14)10-7-6-9(12(15)16-10)8-4-2-1-3-5-8/h1-7H,(H,13,14). The average molecular weight is 216 g/mol. The number of carboxylic acids is 1. The van der Waals surface area contributed by atoms with Crippen LogP contribution in [0.4, 0.5) is 0 Å². The molecule has 0 aliphatic heterocycles. The molecule has 0 bridgehead atoms. The highest BCUT2D eigenvalue weighted by molar-refractivity contribution is 5.84. The highest BCUT2D eigenvalue weighted by Gasteiger charge is 2.10. The minimum Gasteiger partial charge on any atom is -0.475 e. The lowest BCUT2D eigenvalue weighted by Gasteiger charge is -1.99. The number of carbonyl (C=O) groups is 1. The van der Waals surface area contributed by atoms with Crippen LogP contribution in [0.25, 0.3) is 11.1 Å². The first-order valence-electron chi connectivity index (χ1n) is 4.61. The zero-order valence-electron chi connectivity index (χ0n) is 8.21. The molecule has 2 rings (SSSR count). The predicted molar refractivity (Wildman–Crippen MR) is 57.4 cm³/mol. The van der Waals surface area contributed by atoms with E-state index < -0.39 is 11.6 Å².